The van der Waals surface area contributed by atoms with Crippen LogP contribution in [0.15, 0.2) is 36.4 Å². The lowest BCUT2D eigenvalue weighted by Crippen LogP contribution is -2.43. The van der Waals surface area contributed by atoms with Crippen molar-refractivity contribution in [3.05, 3.63) is 36.4 Å². The zero-order chi connectivity index (χ0) is 10.3. The second-order valence-electron chi connectivity index (χ2n) is 4.54. The van der Waals surface area contributed by atoms with Gasteiger partial charge in [-0.1, -0.05) is 18.2 Å². The van der Waals surface area contributed by atoms with Crippen LogP contribution in [0.1, 0.15) is 12.8 Å². The van der Waals surface area contributed by atoms with E-state index in [9.17, 15) is 5.11 Å². The lowest BCUT2D eigenvalue weighted by molar-refractivity contribution is 0.218. The standard InChI is InChI=1S/C13H15NO/c15-11-5-2-4-10(8-11)14-13-7-9-3-1-6-12(9)13/h1-2,4-6,8-9,12-15H,3,7H2. The fourth-order valence-electron chi connectivity index (χ4n) is 2.69. The summed E-state index contributed by atoms with van der Waals surface area (Å²) < 4.78 is 0. The zero-order valence-corrected chi connectivity index (χ0v) is 8.56. The molecule has 2 aliphatic rings. The first-order chi connectivity index (χ1) is 7.33. The van der Waals surface area contributed by atoms with Gasteiger partial charge in [-0.3, -0.25) is 0 Å². The minimum atomic E-state index is 0.331. The van der Waals surface area contributed by atoms with Crippen LogP contribution in [0.2, 0.25) is 0 Å². The summed E-state index contributed by atoms with van der Waals surface area (Å²) in [6.45, 7) is 0. The van der Waals surface area contributed by atoms with Crippen LogP contribution >= 0.6 is 0 Å². The number of benzene rings is 1. The van der Waals surface area contributed by atoms with E-state index in [0.717, 1.165) is 11.6 Å². The average Bonchev–Trinajstić information content (AvgIpc) is 2.56. The number of fused-ring (bicyclic) bond motifs is 1. The Labute approximate surface area is 89.6 Å². The maximum absolute atomic E-state index is 9.35. The fourth-order valence-corrected chi connectivity index (χ4v) is 2.69. The fraction of sp³-hybridized carbons (Fsp3) is 0.385. The van der Waals surface area contributed by atoms with Gasteiger partial charge in [0.1, 0.15) is 5.75 Å². The molecule has 2 aliphatic carbocycles. The summed E-state index contributed by atoms with van der Waals surface area (Å²) >= 11 is 0. The van der Waals surface area contributed by atoms with Crippen molar-refractivity contribution in [3.8, 4) is 5.75 Å². The molecular formula is C13H15NO. The van der Waals surface area contributed by atoms with Gasteiger partial charge in [-0.25, -0.2) is 0 Å². The van der Waals surface area contributed by atoms with Crippen LogP contribution in [-0.4, -0.2) is 11.1 Å². The van der Waals surface area contributed by atoms with Crippen LogP contribution in [0.25, 0.3) is 0 Å². The van der Waals surface area contributed by atoms with Gasteiger partial charge < -0.3 is 10.4 Å². The highest BCUT2D eigenvalue weighted by Gasteiger charge is 2.40. The maximum Gasteiger partial charge on any atom is 0.117 e. The molecule has 1 saturated carbocycles. The third kappa shape index (κ3) is 1.50. The van der Waals surface area contributed by atoms with Crippen molar-refractivity contribution in [2.45, 2.75) is 18.9 Å². The molecule has 0 aliphatic heterocycles. The highest BCUT2D eigenvalue weighted by atomic mass is 16.3. The zero-order valence-electron chi connectivity index (χ0n) is 8.56. The Morgan fingerprint density at radius 2 is 2.27 bits per heavy atom. The van der Waals surface area contributed by atoms with Gasteiger partial charge in [0, 0.05) is 23.7 Å². The van der Waals surface area contributed by atoms with E-state index < -0.39 is 0 Å². The number of phenolic OH excluding ortho intramolecular Hbond substituents is 1. The van der Waals surface area contributed by atoms with Crippen LogP contribution in [0.5, 0.6) is 5.75 Å². The monoisotopic (exact) mass is 201 g/mol. The Balaban J connectivity index is 1.69. The van der Waals surface area contributed by atoms with E-state index in [1.807, 2.05) is 12.1 Å². The Morgan fingerprint density at radius 3 is 3.07 bits per heavy atom. The molecule has 3 rings (SSSR count). The molecule has 3 atom stereocenters. The molecule has 3 unspecified atom stereocenters. The maximum atomic E-state index is 9.35. The molecule has 1 fully saturated rings. The van der Waals surface area contributed by atoms with Crippen LogP contribution in [0.4, 0.5) is 5.69 Å². The molecule has 2 heteroatoms. The molecule has 0 aromatic heterocycles. The van der Waals surface area contributed by atoms with Gasteiger partial charge in [0.2, 0.25) is 0 Å². The smallest absolute Gasteiger partial charge is 0.117 e. The van der Waals surface area contributed by atoms with Crippen LogP contribution in [0, 0.1) is 11.8 Å². The number of rotatable bonds is 2. The van der Waals surface area contributed by atoms with E-state index in [1.54, 1.807) is 12.1 Å². The first kappa shape index (κ1) is 8.84. The predicted octanol–water partition coefficient (Wildman–Crippen LogP) is 2.77. The molecule has 78 valence electrons. The number of anilines is 1. The van der Waals surface area contributed by atoms with Crippen molar-refractivity contribution in [2.24, 2.45) is 11.8 Å². The second kappa shape index (κ2) is 3.30. The first-order valence-corrected chi connectivity index (χ1v) is 5.55. The summed E-state index contributed by atoms with van der Waals surface area (Å²) in [6.07, 6.45) is 7.13. The molecule has 1 aromatic carbocycles. The molecule has 0 saturated heterocycles. The normalized spacial score (nSPS) is 32.1. The number of allylic oxidation sites excluding steroid dienone is 1. The van der Waals surface area contributed by atoms with Crippen molar-refractivity contribution < 1.29 is 5.11 Å². The number of hydrogen-bond acceptors (Lipinski definition) is 2. The Bertz CT molecular complexity index is 399. The summed E-state index contributed by atoms with van der Waals surface area (Å²) in [5, 5.41) is 12.8. The van der Waals surface area contributed by atoms with E-state index in [-0.39, 0.29) is 0 Å². The van der Waals surface area contributed by atoms with Crippen molar-refractivity contribution in [3.63, 3.8) is 0 Å². The van der Waals surface area contributed by atoms with E-state index >= 15 is 0 Å². The minimum absolute atomic E-state index is 0.331. The third-order valence-corrected chi connectivity index (χ3v) is 3.56. The van der Waals surface area contributed by atoms with Gasteiger partial charge in [-0.2, -0.15) is 0 Å². The van der Waals surface area contributed by atoms with E-state index in [1.165, 1.54) is 12.8 Å². The summed E-state index contributed by atoms with van der Waals surface area (Å²) in [4.78, 5) is 0. The quantitative estimate of drug-likeness (QED) is 0.721. The van der Waals surface area contributed by atoms with E-state index in [0.29, 0.717) is 17.7 Å². The predicted molar refractivity (Wildman–Crippen MR) is 60.9 cm³/mol. The van der Waals surface area contributed by atoms with Gasteiger partial charge in [0.15, 0.2) is 0 Å². The van der Waals surface area contributed by atoms with Gasteiger partial charge in [-0.15, -0.1) is 0 Å². The molecule has 0 bridgehead atoms. The lowest BCUT2D eigenvalue weighted by atomic mass is 9.71. The summed E-state index contributed by atoms with van der Waals surface area (Å²) in [7, 11) is 0. The minimum Gasteiger partial charge on any atom is -0.508 e. The molecule has 0 amide bonds. The van der Waals surface area contributed by atoms with Gasteiger partial charge in [0.25, 0.3) is 0 Å². The molecule has 2 nitrogen and oxygen atoms in total. The van der Waals surface area contributed by atoms with Crippen LogP contribution in [-0.2, 0) is 0 Å². The molecule has 0 heterocycles. The summed E-state index contributed by atoms with van der Waals surface area (Å²) in [6, 6.07) is 7.93. The average molecular weight is 201 g/mol. The lowest BCUT2D eigenvalue weighted by Gasteiger charge is -2.41. The number of phenols is 1. The number of hydrogen-bond donors (Lipinski definition) is 2. The highest BCUT2D eigenvalue weighted by molar-refractivity contribution is 5.49. The molecule has 0 radical (unpaired) electrons. The van der Waals surface area contributed by atoms with Crippen molar-refractivity contribution in [1.82, 2.24) is 0 Å². The topological polar surface area (TPSA) is 32.3 Å². The van der Waals surface area contributed by atoms with Crippen molar-refractivity contribution in [2.75, 3.05) is 5.32 Å². The van der Waals surface area contributed by atoms with Crippen LogP contribution in [0.3, 0.4) is 0 Å². The van der Waals surface area contributed by atoms with E-state index in [4.69, 9.17) is 0 Å². The van der Waals surface area contributed by atoms with Crippen molar-refractivity contribution >= 4 is 5.69 Å². The molecule has 15 heavy (non-hydrogen) atoms. The van der Waals surface area contributed by atoms with Crippen molar-refractivity contribution in [1.29, 1.82) is 0 Å². The Hall–Kier alpha value is -1.44. The van der Waals surface area contributed by atoms with Gasteiger partial charge in [0.05, 0.1) is 0 Å². The summed E-state index contributed by atoms with van der Waals surface area (Å²) in [5.41, 5.74) is 1.03. The second-order valence-corrected chi connectivity index (χ2v) is 4.54. The molecule has 0 spiro atoms. The molecule has 2 N–H and O–H groups in total. The molecule has 1 aromatic rings. The Kier molecular flexibility index (Phi) is 1.94. The van der Waals surface area contributed by atoms with Gasteiger partial charge in [-0.05, 0) is 30.9 Å². The van der Waals surface area contributed by atoms with Gasteiger partial charge >= 0.3 is 0 Å². The number of aromatic hydroxyl groups is 1. The first-order valence-electron chi connectivity index (χ1n) is 5.55. The molecular weight excluding hydrogens is 186 g/mol. The SMILES string of the molecule is Oc1cccc(NC2CC3CC=CC32)c1. The summed E-state index contributed by atoms with van der Waals surface area (Å²) in [5.74, 6) is 1.92. The number of nitrogens with one attached hydrogen (secondary N) is 1. The largest absolute Gasteiger partial charge is 0.508 e. The highest BCUT2D eigenvalue weighted by Crippen LogP contribution is 2.44. The van der Waals surface area contributed by atoms with E-state index in [2.05, 4.69) is 17.5 Å². The van der Waals surface area contributed by atoms with Crippen LogP contribution < -0.4 is 5.32 Å². The Morgan fingerprint density at radius 1 is 1.33 bits per heavy atom. The third-order valence-electron chi connectivity index (χ3n) is 3.56.